The molecule has 1 aliphatic heterocycles. The van der Waals surface area contributed by atoms with Crippen molar-refractivity contribution in [3.63, 3.8) is 0 Å². The van der Waals surface area contributed by atoms with E-state index in [1.807, 2.05) is 48.5 Å². The molecule has 28 heavy (non-hydrogen) atoms. The van der Waals surface area contributed by atoms with Crippen molar-refractivity contribution >= 4 is 23.4 Å². The van der Waals surface area contributed by atoms with E-state index >= 15 is 0 Å². The Labute approximate surface area is 166 Å². The van der Waals surface area contributed by atoms with Gasteiger partial charge in [-0.15, -0.1) is 11.8 Å². The lowest BCUT2D eigenvalue weighted by atomic mass is 10.1. The molecule has 0 bridgehead atoms. The first-order chi connectivity index (χ1) is 13.7. The topological polar surface area (TPSA) is 47.6 Å². The summed E-state index contributed by atoms with van der Waals surface area (Å²) in [6, 6.07) is 20.9. The van der Waals surface area contributed by atoms with Gasteiger partial charge in [0.2, 0.25) is 5.91 Å². The molecule has 6 heteroatoms. The molecule has 0 saturated carbocycles. The number of carbonyl (C=O) groups is 1. The summed E-state index contributed by atoms with van der Waals surface area (Å²) in [5.74, 6) is 0.866. The summed E-state index contributed by atoms with van der Waals surface area (Å²) < 4.78 is 24.3. The molecular formula is C22H18FNO3S. The maximum atomic E-state index is 13.1. The van der Waals surface area contributed by atoms with Crippen molar-refractivity contribution in [2.45, 2.75) is 10.1 Å². The molecule has 1 amide bonds. The zero-order chi connectivity index (χ0) is 19.3. The highest BCUT2D eigenvalue weighted by atomic mass is 32.2. The van der Waals surface area contributed by atoms with Crippen LogP contribution in [0, 0.1) is 5.82 Å². The van der Waals surface area contributed by atoms with Crippen LogP contribution in [0.2, 0.25) is 0 Å². The molecule has 0 aromatic heterocycles. The van der Waals surface area contributed by atoms with E-state index in [1.54, 1.807) is 12.1 Å². The minimum Gasteiger partial charge on any atom is -0.486 e. The van der Waals surface area contributed by atoms with Gasteiger partial charge in [0, 0.05) is 10.6 Å². The van der Waals surface area contributed by atoms with Crippen molar-refractivity contribution in [3.05, 3.63) is 84.2 Å². The number of amides is 1. The zero-order valence-electron chi connectivity index (χ0n) is 14.9. The average Bonchev–Trinajstić information content (AvgIpc) is 2.74. The van der Waals surface area contributed by atoms with E-state index in [1.165, 1.54) is 23.9 Å². The van der Waals surface area contributed by atoms with Crippen LogP contribution in [0.4, 0.5) is 10.1 Å². The molecule has 3 aromatic rings. The van der Waals surface area contributed by atoms with E-state index in [2.05, 4.69) is 5.32 Å². The third-order valence-electron chi connectivity index (χ3n) is 4.22. The van der Waals surface area contributed by atoms with Crippen LogP contribution in [-0.4, -0.2) is 19.1 Å². The third kappa shape index (κ3) is 4.28. The van der Waals surface area contributed by atoms with Gasteiger partial charge < -0.3 is 14.8 Å². The Hall–Kier alpha value is -2.99. The molecule has 0 spiro atoms. The number of carbonyl (C=O) groups excluding carboxylic acids is 1. The first kappa shape index (κ1) is 18.4. The Morgan fingerprint density at radius 3 is 2.39 bits per heavy atom. The van der Waals surface area contributed by atoms with Crippen molar-refractivity contribution in [1.29, 1.82) is 0 Å². The van der Waals surface area contributed by atoms with Gasteiger partial charge in [-0.25, -0.2) is 4.39 Å². The quantitative estimate of drug-likeness (QED) is 0.613. The van der Waals surface area contributed by atoms with Crippen molar-refractivity contribution in [2.24, 2.45) is 0 Å². The predicted octanol–water partition coefficient (Wildman–Crippen LogP) is 5.07. The fourth-order valence-electron chi connectivity index (χ4n) is 2.87. The Bertz CT molecular complexity index is 963. The molecule has 1 N–H and O–H groups in total. The predicted molar refractivity (Wildman–Crippen MR) is 108 cm³/mol. The molecule has 0 radical (unpaired) electrons. The summed E-state index contributed by atoms with van der Waals surface area (Å²) >= 11 is 1.42. The normalized spacial score (nSPS) is 13.6. The van der Waals surface area contributed by atoms with E-state index in [0.29, 0.717) is 30.4 Å². The number of hydrogen-bond acceptors (Lipinski definition) is 4. The second kappa shape index (κ2) is 8.35. The van der Waals surface area contributed by atoms with Crippen molar-refractivity contribution in [1.82, 2.24) is 0 Å². The van der Waals surface area contributed by atoms with Crippen LogP contribution in [0.15, 0.2) is 77.7 Å². The number of hydrogen-bond donors (Lipinski definition) is 1. The summed E-state index contributed by atoms with van der Waals surface area (Å²) in [6.45, 7) is 1.04. The molecular weight excluding hydrogens is 377 g/mol. The van der Waals surface area contributed by atoms with Gasteiger partial charge in [0.25, 0.3) is 0 Å². The summed E-state index contributed by atoms with van der Waals surface area (Å²) in [5.41, 5.74) is 1.43. The minimum atomic E-state index is -0.478. The van der Waals surface area contributed by atoms with E-state index in [0.717, 1.165) is 10.5 Å². The van der Waals surface area contributed by atoms with Crippen LogP contribution in [0.5, 0.6) is 11.5 Å². The largest absolute Gasteiger partial charge is 0.486 e. The highest BCUT2D eigenvalue weighted by molar-refractivity contribution is 8.00. The van der Waals surface area contributed by atoms with Gasteiger partial charge in [-0.05, 0) is 48.0 Å². The Balaban J connectivity index is 1.58. The Kier molecular flexibility index (Phi) is 5.48. The van der Waals surface area contributed by atoms with Crippen molar-refractivity contribution in [3.8, 4) is 11.5 Å². The molecule has 0 fully saturated rings. The second-order valence-electron chi connectivity index (χ2n) is 6.21. The fourth-order valence-corrected chi connectivity index (χ4v) is 3.93. The summed E-state index contributed by atoms with van der Waals surface area (Å²) in [6.07, 6.45) is 0. The van der Waals surface area contributed by atoms with Gasteiger partial charge >= 0.3 is 0 Å². The first-order valence-electron chi connectivity index (χ1n) is 8.87. The van der Waals surface area contributed by atoms with Crippen LogP contribution < -0.4 is 14.8 Å². The number of benzene rings is 3. The smallest absolute Gasteiger partial charge is 0.242 e. The maximum Gasteiger partial charge on any atom is 0.242 e. The molecule has 3 aromatic carbocycles. The number of nitrogens with one attached hydrogen (secondary N) is 1. The van der Waals surface area contributed by atoms with Gasteiger partial charge in [-0.3, -0.25) is 4.79 Å². The highest BCUT2D eigenvalue weighted by Crippen LogP contribution is 2.40. The van der Waals surface area contributed by atoms with E-state index < -0.39 is 5.25 Å². The monoisotopic (exact) mass is 395 g/mol. The lowest BCUT2D eigenvalue weighted by Crippen LogP contribution is -2.19. The Morgan fingerprint density at radius 2 is 1.64 bits per heavy atom. The molecule has 0 unspecified atom stereocenters. The maximum absolute atomic E-state index is 13.1. The number of ether oxygens (including phenoxy) is 2. The molecule has 0 saturated heterocycles. The third-order valence-corrected chi connectivity index (χ3v) is 5.47. The molecule has 4 rings (SSSR count). The number of anilines is 1. The van der Waals surface area contributed by atoms with Crippen molar-refractivity contribution in [2.75, 3.05) is 18.5 Å². The van der Waals surface area contributed by atoms with Crippen LogP contribution in [-0.2, 0) is 4.79 Å². The first-order valence-corrected chi connectivity index (χ1v) is 9.75. The Morgan fingerprint density at radius 1 is 0.929 bits per heavy atom. The number of rotatable bonds is 5. The molecule has 1 atom stereocenters. The molecule has 0 aliphatic carbocycles. The lowest BCUT2D eigenvalue weighted by Gasteiger charge is -2.21. The summed E-state index contributed by atoms with van der Waals surface area (Å²) in [7, 11) is 0. The van der Waals surface area contributed by atoms with Crippen LogP contribution >= 0.6 is 11.8 Å². The van der Waals surface area contributed by atoms with Gasteiger partial charge in [0.05, 0.1) is 0 Å². The fraction of sp³-hybridized carbons (Fsp3) is 0.136. The van der Waals surface area contributed by atoms with Crippen LogP contribution in [0.3, 0.4) is 0 Å². The standard InChI is InChI=1S/C22H18FNO3S/c23-16-6-8-17(9-7-16)24-22(25)21(15-4-2-1-3-5-15)28-18-10-11-19-20(14-18)27-13-12-26-19/h1-11,14,21H,12-13H2,(H,24,25)/t21-/m1/s1. The number of thioether (sulfide) groups is 1. The molecule has 142 valence electrons. The van der Waals surface area contributed by atoms with E-state index in [-0.39, 0.29) is 11.7 Å². The summed E-state index contributed by atoms with van der Waals surface area (Å²) in [5, 5.41) is 2.39. The van der Waals surface area contributed by atoms with Crippen LogP contribution in [0.25, 0.3) is 0 Å². The summed E-state index contributed by atoms with van der Waals surface area (Å²) in [4.78, 5) is 13.9. The number of halogens is 1. The molecule has 1 aliphatic rings. The SMILES string of the molecule is O=C(Nc1ccc(F)cc1)[C@H](Sc1ccc2c(c1)OCCO2)c1ccccc1. The lowest BCUT2D eigenvalue weighted by molar-refractivity contribution is -0.115. The minimum absolute atomic E-state index is 0.183. The van der Waals surface area contributed by atoms with Gasteiger partial charge in [-0.2, -0.15) is 0 Å². The van der Waals surface area contributed by atoms with Gasteiger partial charge in [0.1, 0.15) is 24.3 Å². The average molecular weight is 395 g/mol. The zero-order valence-corrected chi connectivity index (χ0v) is 15.7. The van der Waals surface area contributed by atoms with Crippen LogP contribution in [0.1, 0.15) is 10.8 Å². The molecule has 1 heterocycles. The van der Waals surface area contributed by atoms with E-state index in [9.17, 15) is 9.18 Å². The molecule has 4 nitrogen and oxygen atoms in total. The van der Waals surface area contributed by atoms with Gasteiger partial charge in [-0.1, -0.05) is 30.3 Å². The second-order valence-corrected chi connectivity index (χ2v) is 7.39. The van der Waals surface area contributed by atoms with Crippen molar-refractivity contribution < 1.29 is 18.7 Å². The van der Waals surface area contributed by atoms with E-state index in [4.69, 9.17) is 9.47 Å². The highest BCUT2D eigenvalue weighted by Gasteiger charge is 2.23. The number of fused-ring (bicyclic) bond motifs is 1. The van der Waals surface area contributed by atoms with Gasteiger partial charge in [0.15, 0.2) is 11.5 Å².